The number of methoxy groups -OCH3 is 1. The fraction of sp³-hybridized carbons (Fsp3) is 0.300. The molecule has 8 nitrogen and oxygen atoms in total. The quantitative estimate of drug-likeness (QED) is 0.292. The van der Waals surface area contributed by atoms with Crippen molar-refractivity contribution in [1.82, 2.24) is 15.0 Å². The molecule has 8 heteroatoms. The molecule has 1 aromatic heterocycles. The van der Waals surface area contributed by atoms with Gasteiger partial charge in [-0.05, 0) is 60.4 Å². The molecule has 0 atom stereocenters. The molecule has 1 aliphatic heterocycles. The molecule has 0 amide bonds. The molecule has 0 saturated carbocycles. The van der Waals surface area contributed by atoms with E-state index in [2.05, 4.69) is 82.8 Å². The van der Waals surface area contributed by atoms with Crippen LogP contribution in [0.15, 0.2) is 72.8 Å². The van der Waals surface area contributed by atoms with Crippen LogP contribution in [0.1, 0.15) is 25.0 Å². The van der Waals surface area contributed by atoms with Crippen molar-refractivity contribution < 1.29 is 4.74 Å². The topological polar surface area (TPSA) is 78.4 Å². The number of aryl methyl sites for hydroxylation is 2. The summed E-state index contributed by atoms with van der Waals surface area (Å²) in [4.78, 5) is 19.1. The maximum atomic E-state index is 5.31. The van der Waals surface area contributed by atoms with Gasteiger partial charge in [0, 0.05) is 43.2 Å². The van der Waals surface area contributed by atoms with E-state index in [1.807, 2.05) is 24.3 Å². The molecular formula is C30H35N7O. The lowest BCUT2D eigenvalue weighted by Crippen LogP contribution is -2.47. The van der Waals surface area contributed by atoms with Gasteiger partial charge in [-0.3, -0.25) is 0 Å². The van der Waals surface area contributed by atoms with Crippen molar-refractivity contribution in [2.24, 2.45) is 0 Å². The average molecular weight is 510 g/mol. The summed E-state index contributed by atoms with van der Waals surface area (Å²) in [6.45, 7) is 7.67. The van der Waals surface area contributed by atoms with E-state index in [1.165, 1.54) is 16.8 Å². The number of anilines is 6. The van der Waals surface area contributed by atoms with E-state index in [0.717, 1.165) is 56.1 Å². The second-order valence-electron chi connectivity index (χ2n) is 9.23. The minimum atomic E-state index is 0.532. The third-order valence-electron chi connectivity index (χ3n) is 6.91. The van der Waals surface area contributed by atoms with Gasteiger partial charge < -0.3 is 25.2 Å². The van der Waals surface area contributed by atoms with Crippen LogP contribution in [-0.2, 0) is 12.8 Å². The molecule has 0 spiro atoms. The summed E-state index contributed by atoms with van der Waals surface area (Å²) in [5, 5.41) is 6.90. The fourth-order valence-corrected chi connectivity index (χ4v) is 4.72. The van der Waals surface area contributed by atoms with Gasteiger partial charge in [0.25, 0.3) is 0 Å². The number of para-hydroxylation sites is 2. The molecule has 0 aliphatic carbocycles. The van der Waals surface area contributed by atoms with Crippen molar-refractivity contribution in [3.05, 3.63) is 83.9 Å². The van der Waals surface area contributed by atoms with Gasteiger partial charge in [-0.25, -0.2) is 0 Å². The van der Waals surface area contributed by atoms with Gasteiger partial charge in [0.15, 0.2) is 0 Å². The van der Waals surface area contributed by atoms with E-state index in [1.54, 1.807) is 7.11 Å². The predicted molar refractivity (Wildman–Crippen MR) is 155 cm³/mol. The zero-order valence-electron chi connectivity index (χ0n) is 22.3. The lowest BCUT2D eigenvalue weighted by molar-refractivity contribution is 0.415. The lowest BCUT2D eigenvalue weighted by Gasteiger charge is -2.36. The van der Waals surface area contributed by atoms with Crippen molar-refractivity contribution in [1.29, 1.82) is 0 Å². The smallest absolute Gasteiger partial charge is 0.233 e. The third kappa shape index (κ3) is 5.80. The minimum Gasteiger partial charge on any atom is -0.497 e. The number of ether oxygens (including phenoxy) is 1. The Kier molecular flexibility index (Phi) is 7.87. The number of nitrogens with one attached hydrogen (secondary N) is 2. The van der Waals surface area contributed by atoms with E-state index in [-0.39, 0.29) is 0 Å². The Morgan fingerprint density at radius 2 is 1.16 bits per heavy atom. The van der Waals surface area contributed by atoms with E-state index >= 15 is 0 Å². The van der Waals surface area contributed by atoms with Gasteiger partial charge >= 0.3 is 0 Å². The van der Waals surface area contributed by atoms with Crippen LogP contribution in [0.4, 0.5) is 34.9 Å². The normalized spacial score (nSPS) is 13.3. The van der Waals surface area contributed by atoms with Gasteiger partial charge in [-0.1, -0.05) is 50.2 Å². The average Bonchev–Trinajstić information content (AvgIpc) is 2.98. The largest absolute Gasteiger partial charge is 0.497 e. The number of nitrogens with zero attached hydrogens (tertiary/aromatic N) is 5. The molecule has 1 saturated heterocycles. The van der Waals surface area contributed by atoms with Crippen molar-refractivity contribution >= 4 is 34.9 Å². The molecule has 3 aromatic carbocycles. The molecule has 0 unspecified atom stereocenters. The second kappa shape index (κ2) is 11.8. The number of hydrogen-bond donors (Lipinski definition) is 2. The van der Waals surface area contributed by atoms with Gasteiger partial charge in [-0.2, -0.15) is 15.0 Å². The zero-order valence-corrected chi connectivity index (χ0v) is 22.3. The molecule has 1 aliphatic rings. The van der Waals surface area contributed by atoms with Crippen LogP contribution >= 0.6 is 0 Å². The van der Waals surface area contributed by atoms with Crippen LogP contribution in [0, 0.1) is 0 Å². The van der Waals surface area contributed by atoms with Crippen LogP contribution in [0.25, 0.3) is 0 Å². The summed E-state index contributed by atoms with van der Waals surface area (Å²) in [5.74, 6) is 2.60. The summed E-state index contributed by atoms with van der Waals surface area (Å²) in [5.41, 5.74) is 5.65. The molecule has 0 bridgehead atoms. The van der Waals surface area contributed by atoms with Crippen molar-refractivity contribution in [3.63, 3.8) is 0 Å². The highest BCUT2D eigenvalue weighted by Crippen LogP contribution is 2.26. The molecule has 2 heterocycles. The van der Waals surface area contributed by atoms with E-state index in [0.29, 0.717) is 17.8 Å². The summed E-state index contributed by atoms with van der Waals surface area (Å²) in [7, 11) is 1.69. The monoisotopic (exact) mass is 509 g/mol. The third-order valence-corrected chi connectivity index (χ3v) is 6.91. The Morgan fingerprint density at radius 1 is 0.658 bits per heavy atom. The van der Waals surface area contributed by atoms with Crippen LogP contribution in [0.2, 0.25) is 0 Å². The molecule has 1 fully saturated rings. The molecule has 196 valence electrons. The molecular weight excluding hydrogens is 474 g/mol. The highest BCUT2D eigenvalue weighted by Gasteiger charge is 2.21. The Bertz CT molecular complexity index is 1280. The van der Waals surface area contributed by atoms with Gasteiger partial charge in [-0.15, -0.1) is 0 Å². The van der Waals surface area contributed by atoms with Gasteiger partial charge in [0.05, 0.1) is 7.11 Å². The van der Waals surface area contributed by atoms with E-state index < -0.39 is 0 Å². The van der Waals surface area contributed by atoms with Gasteiger partial charge in [0.1, 0.15) is 5.75 Å². The summed E-state index contributed by atoms with van der Waals surface area (Å²) >= 11 is 0. The van der Waals surface area contributed by atoms with Crippen LogP contribution in [0.5, 0.6) is 5.75 Å². The molecule has 5 rings (SSSR count). The van der Waals surface area contributed by atoms with Gasteiger partial charge in [0.2, 0.25) is 17.8 Å². The van der Waals surface area contributed by atoms with Crippen molar-refractivity contribution in [3.8, 4) is 5.75 Å². The van der Waals surface area contributed by atoms with Crippen LogP contribution in [0.3, 0.4) is 0 Å². The first kappa shape index (κ1) is 25.3. The number of piperazine rings is 1. The predicted octanol–water partition coefficient (Wildman–Crippen LogP) is 5.82. The second-order valence-corrected chi connectivity index (χ2v) is 9.23. The fourth-order valence-electron chi connectivity index (χ4n) is 4.72. The molecule has 4 aromatic rings. The summed E-state index contributed by atoms with van der Waals surface area (Å²) in [6, 6.07) is 24.8. The van der Waals surface area contributed by atoms with Crippen LogP contribution < -0.4 is 25.2 Å². The SMILES string of the molecule is CCc1ccccc1Nc1nc(Nc2ccccc2CC)nc(N2CCN(c3ccc(OC)cc3)CC2)n1. The molecule has 2 N–H and O–H groups in total. The molecule has 0 radical (unpaired) electrons. The first-order valence-electron chi connectivity index (χ1n) is 13.3. The minimum absolute atomic E-state index is 0.532. The van der Waals surface area contributed by atoms with Crippen molar-refractivity contribution in [2.75, 3.05) is 53.7 Å². The zero-order chi connectivity index (χ0) is 26.3. The Morgan fingerprint density at radius 3 is 1.66 bits per heavy atom. The lowest BCUT2D eigenvalue weighted by atomic mass is 10.1. The number of aromatic nitrogens is 3. The number of hydrogen-bond acceptors (Lipinski definition) is 8. The first-order valence-corrected chi connectivity index (χ1v) is 13.3. The Balaban J connectivity index is 1.40. The summed E-state index contributed by atoms with van der Waals surface area (Å²) in [6.07, 6.45) is 1.84. The van der Waals surface area contributed by atoms with Crippen molar-refractivity contribution in [2.45, 2.75) is 26.7 Å². The number of rotatable bonds is 9. The molecule has 38 heavy (non-hydrogen) atoms. The van der Waals surface area contributed by atoms with Crippen LogP contribution in [-0.4, -0.2) is 48.2 Å². The maximum Gasteiger partial charge on any atom is 0.233 e. The number of benzene rings is 3. The summed E-state index contributed by atoms with van der Waals surface area (Å²) < 4.78 is 5.31. The standard InChI is InChI=1S/C30H35N7O/c1-4-22-10-6-8-12-26(22)31-28-33-29(32-27-13-9-7-11-23(27)5-2)35-30(34-28)37-20-18-36(19-21-37)24-14-16-25(38-3)17-15-24/h6-17H,4-5,18-21H2,1-3H3,(H2,31,32,33,34,35). The Hall–Kier alpha value is -4.33. The highest BCUT2D eigenvalue weighted by atomic mass is 16.5. The first-order chi connectivity index (χ1) is 18.7. The Labute approximate surface area is 224 Å². The maximum absolute atomic E-state index is 5.31. The van der Waals surface area contributed by atoms with E-state index in [9.17, 15) is 0 Å². The van der Waals surface area contributed by atoms with E-state index in [4.69, 9.17) is 19.7 Å². The highest BCUT2D eigenvalue weighted by molar-refractivity contribution is 5.63.